The zero-order chi connectivity index (χ0) is 14.8. The van der Waals surface area contributed by atoms with Crippen molar-refractivity contribution in [3.05, 3.63) is 40.2 Å². The molecule has 0 aromatic carbocycles. The zero-order valence-electron chi connectivity index (χ0n) is 12.8. The lowest BCUT2D eigenvalue weighted by molar-refractivity contribution is 0.417. The molecule has 0 fully saturated rings. The number of rotatable bonds is 4. The number of hydrogen-bond donors (Lipinski definition) is 1. The van der Waals surface area contributed by atoms with Gasteiger partial charge >= 0.3 is 0 Å². The van der Waals surface area contributed by atoms with E-state index in [1.807, 2.05) is 19.3 Å². The number of aromatic nitrogens is 3. The number of aryl methyl sites for hydroxylation is 1. The van der Waals surface area contributed by atoms with Crippen LogP contribution in [0.25, 0.3) is 0 Å². The number of fused-ring (bicyclic) bond motifs is 1. The van der Waals surface area contributed by atoms with E-state index in [2.05, 4.69) is 39.8 Å². The molecule has 4 nitrogen and oxygen atoms in total. The van der Waals surface area contributed by atoms with E-state index in [1.54, 1.807) is 0 Å². The lowest BCUT2D eigenvalue weighted by Gasteiger charge is -2.31. The molecule has 2 atom stereocenters. The van der Waals surface area contributed by atoms with Crippen molar-refractivity contribution < 1.29 is 0 Å². The van der Waals surface area contributed by atoms with Gasteiger partial charge in [-0.05, 0) is 55.4 Å². The summed E-state index contributed by atoms with van der Waals surface area (Å²) in [5.74, 6) is 0.820. The standard InChI is InChI=1S/C16H22N4S/c1-10(2)13-16(21-20-19-13)15(17-3)12-8-4-6-11-7-5-9-18-14(11)12/h5,7,9-10,12,15,17H,4,6,8H2,1-3H3. The fourth-order valence-electron chi connectivity index (χ4n) is 3.31. The van der Waals surface area contributed by atoms with Gasteiger partial charge in [0.25, 0.3) is 0 Å². The fourth-order valence-corrected chi connectivity index (χ4v) is 4.29. The minimum absolute atomic E-state index is 0.261. The molecule has 1 aliphatic carbocycles. The first-order chi connectivity index (χ1) is 10.2. The molecule has 0 saturated carbocycles. The van der Waals surface area contributed by atoms with Gasteiger partial charge < -0.3 is 5.32 Å². The van der Waals surface area contributed by atoms with E-state index in [9.17, 15) is 0 Å². The van der Waals surface area contributed by atoms with Gasteiger partial charge in [-0.3, -0.25) is 4.98 Å². The average molecular weight is 302 g/mol. The van der Waals surface area contributed by atoms with Crippen molar-refractivity contribution >= 4 is 11.5 Å². The highest BCUT2D eigenvalue weighted by Crippen LogP contribution is 2.41. The van der Waals surface area contributed by atoms with E-state index < -0.39 is 0 Å². The average Bonchev–Trinajstić information content (AvgIpc) is 2.98. The van der Waals surface area contributed by atoms with Gasteiger partial charge in [-0.2, -0.15) is 0 Å². The highest BCUT2D eigenvalue weighted by Gasteiger charge is 2.32. The first-order valence-electron chi connectivity index (χ1n) is 7.65. The minimum atomic E-state index is 0.261. The molecule has 0 spiro atoms. The molecule has 5 heteroatoms. The van der Waals surface area contributed by atoms with Crippen LogP contribution in [0.1, 0.15) is 66.4 Å². The Bertz CT molecular complexity index is 608. The summed E-state index contributed by atoms with van der Waals surface area (Å²) in [6.07, 6.45) is 5.46. The maximum Gasteiger partial charge on any atom is 0.0829 e. The highest BCUT2D eigenvalue weighted by molar-refractivity contribution is 7.05. The molecule has 0 radical (unpaired) electrons. The summed E-state index contributed by atoms with van der Waals surface area (Å²) in [5.41, 5.74) is 3.78. The van der Waals surface area contributed by atoms with Gasteiger partial charge in [-0.25, -0.2) is 0 Å². The van der Waals surface area contributed by atoms with Gasteiger partial charge in [0, 0.05) is 17.8 Å². The van der Waals surface area contributed by atoms with Gasteiger partial charge in [-0.1, -0.05) is 24.4 Å². The Hall–Kier alpha value is -1.33. The van der Waals surface area contributed by atoms with Crippen molar-refractivity contribution in [2.45, 2.75) is 51.0 Å². The molecule has 2 unspecified atom stereocenters. The molecule has 1 N–H and O–H groups in total. The summed E-state index contributed by atoms with van der Waals surface area (Å²) >= 11 is 1.53. The molecule has 2 aromatic heterocycles. The molecule has 1 aliphatic rings. The first kappa shape index (κ1) is 14.6. The number of pyridine rings is 1. The van der Waals surface area contributed by atoms with Crippen LogP contribution in [0.3, 0.4) is 0 Å². The van der Waals surface area contributed by atoms with E-state index in [0.717, 1.165) is 12.1 Å². The summed E-state index contributed by atoms with van der Waals surface area (Å²) in [7, 11) is 2.03. The number of likely N-dealkylation sites (N-methyl/N-ethyl adjacent to an activating group) is 1. The Labute approximate surface area is 130 Å². The molecule has 0 bridgehead atoms. The van der Waals surface area contributed by atoms with Crippen molar-refractivity contribution in [2.24, 2.45) is 0 Å². The largest absolute Gasteiger partial charge is 0.312 e. The summed E-state index contributed by atoms with van der Waals surface area (Å²) in [6, 6.07) is 4.52. The molecule has 21 heavy (non-hydrogen) atoms. The first-order valence-corrected chi connectivity index (χ1v) is 8.43. The maximum absolute atomic E-state index is 4.68. The quantitative estimate of drug-likeness (QED) is 0.940. The third-order valence-electron chi connectivity index (χ3n) is 4.32. The van der Waals surface area contributed by atoms with Crippen LogP contribution in [-0.4, -0.2) is 21.6 Å². The van der Waals surface area contributed by atoms with Crippen LogP contribution in [0.2, 0.25) is 0 Å². The Balaban J connectivity index is 2.00. The topological polar surface area (TPSA) is 50.7 Å². The van der Waals surface area contributed by atoms with Crippen LogP contribution in [0.15, 0.2) is 18.3 Å². The van der Waals surface area contributed by atoms with E-state index in [-0.39, 0.29) is 6.04 Å². The second-order valence-electron chi connectivity index (χ2n) is 5.99. The third kappa shape index (κ3) is 2.72. The van der Waals surface area contributed by atoms with Gasteiger partial charge in [0.15, 0.2) is 0 Å². The highest BCUT2D eigenvalue weighted by atomic mass is 32.1. The van der Waals surface area contributed by atoms with Gasteiger partial charge in [0.05, 0.1) is 16.6 Å². The maximum atomic E-state index is 4.68. The van der Waals surface area contributed by atoms with Gasteiger partial charge in [0.2, 0.25) is 0 Å². The van der Waals surface area contributed by atoms with Crippen LogP contribution >= 0.6 is 11.5 Å². The zero-order valence-corrected chi connectivity index (χ0v) is 13.7. The summed E-state index contributed by atoms with van der Waals surface area (Å²) in [5, 5.41) is 7.84. The Morgan fingerprint density at radius 1 is 1.38 bits per heavy atom. The van der Waals surface area contributed by atoms with E-state index in [0.29, 0.717) is 11.8 Å². The molecule has 3 rings (SSSR count). The third-order valence-corrected chi connectivity index (χ3v) is 5.14. The van der Waals surface area contributed by atoms with Crippen LogP contribution in [-0.2, 0) is 6.42 Å². The molecular formula is C16H22N4S. The summed E-state index contributed by atoms with van der Waals surface area (Å²) in [4.78, 5) is 5.95. The Morgan fingerprint density at radius 2 is 2.24 bits per heavy atom. The van der Waals surface area contributed by atoms with Crippen molar-refractivity contribution in [3.63, 3.8) is 0 Å². The van der Waals surface area contributed by atoms with Crippen molar-refractivity contribution in [2.75, 3.05) is 7.05 Å². The SMILES string of the molecule is CNC(c1snnc1C(C)C)C1CCCc2cccnc21. The molecule has 2 aromatic rings. The molecule has 0 aliphatic heterocycles. The fraction of sp³-hybridized carbons (Fsp3) is 0.562. The lowest BCUT2D eigenvalue weighted by Crippen LogP contribution is -2.27. The van der Waals surface area contributed by atoms with E-state index >= 15 is 0 Å². The monoisotopic (exact) mass is 302 g/mol. The van der Waals surface area contributed by atoms with Crippen LogP contribution in [0.4, 0.5) is 0 Å². The smallest absolute Gasteiger partial charge is 0.0829 e. The number of hydrogen-bond acceptors (Lipinski definition) is 5. The molecule has 0 amide bonds. The Kier molecular flexibility index (Phi) is 4.31. The van der Waals surface area contributed by atoms with E-state index in [1.165, 1.54) is 40.5 Å². The summed E-state index contributed by atoms with van der Waals surface area (Å²) in [6.45, 7) is 4.36. The summed E-state index contributed by atoms with van der Waals surface area (Å²) < 4.78 is 4.19. The van der Waals surface area contributed by atoms with Gasteiger partial charge in [-0.15, -0.1) is 5.10 Å². The van der Waals surface area contributed by atoms with Crippen molar-refractivity contribution in [1.82, 2.24) is 19.9 Å². The lowest BCUT2D eigenvalue weighted by atomic mass is 9.81. The molecule has 0 saturated heterocycles. The van der Waals surface area contributed by atoms with Crippen molar-refractivity contribution in [3.8, 4) is 0 Å². The molecule has 112 valence electrons. The van der Waals surface area contributed by atoms with Crippen LogP contribution in [0, 0.1) is 0 Å². The van der Waals surface area contributed by atoms with Crippen LogP contribution < -0.4 is 5.32 Å². The van der Waals surface area contributed by atoms with Gasteiger partial charge in [0.1, 0.15) is 0 Å². The van der Waals surface area contributed by atoms with E-state index in [4.69, 9.17) is 0 Å². The second-order valence-corrected chi connectivity index (χ2v) is 6.78. The number of nitrogens with zero attached hydrogens (tertiary/aromatic N) is 3. The molecule has 2 heterocycles. The van der Waals surface area contributed by atoms with Crippen LogP contribution in [0.5, 0.6) is 0 Å². The Morgan fingerprint density at radius 3 is 3.00 bits per heavy atom. The second kappa shape index (κ2) is 6.20. The normalized spacial score (nSPS) is 19.5. The minimum Gasteiger partial charge on any atom is -0.312 e. The number of nitrogens with one attached hydrogen (secondary N) is 1. The predicted molar refractivity (Wildman–Crippen MR) is 85.7 cm³/mol. The van der Waals surface area contributed by atoms with Crippen molar-refractivity contribution in [1.29, 1.82) is 0 Å². The molecular weight excluding hydrogens is 280 g/mol. The predicted octanol–water partition coefficient (Wildman–Crippen LogP) is 3.44.